The van der Waals surface area contributed by atoms with Crippen molar-refractivity contribution in [2.24, 2.45) is 0 Å². The van der Waals surface area contributed by atoms with Gasteiger partial charge in [0.15, 0.2) is 0 Å². The third-order valence-electron chi connectivity index (χ3n) is 8.51. The van der Waals surface area contributed by atoms with E-state index in [1.54, 1.807) is 0 Å². The molecule has 0 bridgehead atoms. The Hall–Kier alpha value is -4.42. The number of piperidine rings is 2. The highest BCUT2D eigenvalue weighted by atomic mass is 16.6. The maximum Gasteiger partial charge on any atom is 0.323 e. The first-order valence-electron chi connectivity index (χ1n) is 17.3. The summed E-state index contributed by atoms with van der Waals surface area (Å²) in [5, 5.41) is 6.47. The quantitative estimate of drug-likeness (QED) is 0.105. The fourth-order valence-electron chi connectivity index (χ4n) is 5.61. The lowest BCUT2D eigenvalue weighted by Gasteiger charge is -2.28. The summed E-state index contributed by atoms with van der Waals surface area (Å²) in [6.45, 7) is 3.05. The van der Waals surface area contributed by atoms with Gasteiger partial charge >= 0.3 is 11.9 Å². The van der Waals surface area contributed by atoms with Crippen LogP contribution in [0, 0.1) is 0 Å². The van der Waals surface area contributed by atoms with Crippen LogP contribution in [0.15, 0.2) is 121 Å². The van der Waals surface area contributed by atoms with Crippen LogP contribution in [0.25, 0.3) is 0 Å². The third kappa shape index (κ3) is 13.1. The van der Waals surface area contributed by atoms with E-state index < -0.39 is 0 Å². The lowest BCUT2D eigenvalue weighted by atomic mass is 10.0. The van der Waals surface area contributed by atoms with Gasteiger partial charge in [-0.05, 0) is 47.9 Å². The summed E-state index contributed by atoms with van der Waals surface area (Å²) in [7, 11) is 0. The molecule has 2 fully saturated rings. The summed E-state index contributed by atoms with van der Waals surface area (Å²) in [5.41, 5.74) is 10.4. The number of carbonyl (C=O) groups is 2. The van der Waals surface area contributed by atoms with Gasteiger partial charge in [-0.25, -0.2) is 0 Å². The van der Waals surface area contributed by atoms with Gasteiger partial charge in [0.25, 0.3) is 0 Å². The van der Waals surface area contributed by atoms with Gasteiger partial charge < -0.3 is 20.1 Å². The summed E-state index contributed by atoms with van der Waals surface area (Å²) < 4.78 is 10.8. The second kappa shape index (κ2) is 20.9. The number of hydroxylamine groups is 2. The number of carbonyl (C=O) groups excluding carboxylic acids is 2. The SMILES string of the molecule is O=C(OCc1ccccc1)[C@@H]1CCC(NOCc2ccccc2)CN1.O=C(OCc1ccccc1)[C@@H]1CC[C@@H](NOCc2ccccc2)CN1. The summed E-state index contributed by atoms with van der Waals surface area (Å²) in [6.07, 6.45) is 3.21. The van der Waals surface area contributed by atoms with E-state index in [2.05, 4.69) is 21.6 Å². The highest BCUT2D eigenvalue weighted by Crippen LogP contribution is 2.13. The third-order valence-corrected chi connectivity index (χ3v) is 8.51. The molecule has 2 saturated heterocycles. The first-order valence-corrected chi connectivity index (χ1v) is 17.3. The van der Waals surface area contributed by atoms with Gasteiger partial charge in [-0.3, -0.25) is 19.3 Å². The van der Waals surface area contributed by atoms with Gasteiger partial charge in [0.2, 0.25) is 0 Å². The van der Waals surface area contributed by atoms with Crippen molar-refractivity contribution in [2.75, 3.05) is 13.1 Å². The number of rotatable bonds is 14. The molecule has 2 aliphatic heterocycles. The number of esters is 2. The van der Waals surface area contributed by atoms with Crippen LogP contribution in [0.3, 0.4) is 0 Å². The fourth-order valence-corrected chi connectivity index (χ4v) is 5.61. The van der Waals surface area contributed by atoms with E-state index >= 15 is 0 Å². The Morgan fingerprint density at radius 1 is 0.480 bits per heavy atom. The van der Waals surface area contributed by atoms with E-state index in [0.29, 0.717) is 39.5 Å². The molecule has 0 spiro atoms. The Morgan fingerprint density at radius 3 is 1.10 bits per heavy atom. The largest absolute Gasteiger partial charge is 0.460 e. The molecule has 2 heterocycles. The van der Waals surface area contributed by atoms with Crippen molar-refractivity contribution in [3.8, 4) is 0 Å². The van der Waals surface area contributed by atoms with E-state index in [0.717, 1.165) is 47.9 Å². The number of benzene rings is 4. The minimum atomic E-state index is -0.240. The van der Waals surface area contributed by atoms with Crippen LogP contribution in [-0.2, 0) is 55.2 Å². The van der Waals surface area contributed by atoms with Gasteiger partial charge in [0.1, 0.15) is 25.3 Å². The molecule has 4 N–H and O–H groups in total. The molecule has 0 radical (unpaired) electrons. The molecular formula is C40H48N4O6. The van der Waals surface area contributed by atoms with E-state index in [1.807, 2.05) is 121 Å². The molecule has 6 rings (SSSR count). The molecule has 4 aromatic rings. The van der Waals surface area contributed by atoms with Crippen LogP contribution in [0.1, 0.15) is 47.9 Å². The average molecular weight is 681 g/mol. The van der Waals surface area contributed by atoms with Gasteiger partial charge in [-0.2, -0.15) is 11.0 Å². The van der Waals surface area contributed by atoms with Crippen LogP contribution in [0.5, 0.6) is 0 Å². The highest BCUT2D eigenvalue weighted by molar-refractivity contribution is 5.76. The monoisotopic (exact) mass is 680 g/mol. The van der Waals surface area contributed by atoms with Crippen molar-refractivity contribution in [2.45, 2.75) is 76.3 Å². The molecule has 0 aliphatic carbocycles. The second-order valence-electron chi connectivity index (χ2n) is 12.4. The zero-order valence-corrected chi connectivity index (χ0v) is 28.4. The van der Waals surface area contributed by atoms with Crippen LogP contribution < -0.4 is 21.6 Å². The first-order chi connectivity index (χ1) is 24.6. The Bertz CT molecular complexity index is 1400. The molecule has 264 valence electrons. The Morgan fingerprint density at radius 2 is 0.800 bits per heavy atom. The summed E-state index contributed by atoms with van der Waals surface area (Å²) in [4.78, 5) is 35.4. The van der Waals surface area contributed by atoms with E-state index in [1.165, 1.54) is 0 Å². The zero-order valence-electron chi connectivity index (χ0n) is 28.4. The fraction of sp³-hybridized carbons (Fsp3) is 0.350. The zero-order chi connectivity index (χ0) is 34.6. The summed E-state index contributed by atoms with van der Waals surface area (Å²) in [5.74, 6) is -0.375. The number of hydrogen-bond acceptors (Lipinski definition) is 10. The van der Waals surface area contributed by atoms with Gasteiger partial charge in [-0.1, -0.05) is 121 Å². The molecule has 0 saturated carbocycles. The molecule has 0 aromatic heterocycles. The number of ether oxygens (including phenoxy) is 2. The normalized spacial score (nSPS) is 20.2. The van der Waals surface area contributed by atoms with Crippen molar-refractivity contribution in [3.05, 3.63) is 144 Å². The topological polar surface area (TPSA) is 119 Å². The number of hydrogen-bond donors (Lipinski definition) is 4. The molecule has 10 heteroatoms. The molecule has 4 aromatic carbocycles. The Kier molecular flexibility index (Phi) is 15.4. The van der Waals surface area contributed by atoms with Crippen molar-refractivity contribution >= 4 is 11.9 Å². The van der Waals surface area contributed by atoms with Crippen LogP contribution >= 0.6 is 0 Å². The van der Waals surface area contributed by atoms with E-state index in [9.17, 15) is 9.59 Å². The molecule has 0 amide bonds. The minimum absolute atomic E-state index is 0.187. The predicted octanol–water partition coefficient (Wildman–Crippen LogP) is 5.14. The minimum Gasteiger partial charge on any atom is -0.460 e. The molecule has 2 aliphatic rings. The van der Waals surface area contributed by atoms with Crippen molar-refractivity contribution < 1.29 is 28.7 Å². The predicted molar refractivity (Wildman–Crippen MR) is 191 cm³/mol. The lowest BCUT2D eigenvalue weighted by Crippen LogP contribution is -2.51. The molecule has 1 unspecified atom stereocenters. The van der Waals surface area contributed by atoms with E-state index in [4.69, 9.17) is 19.1 Å². The molecule has 4 atom stereocenters. The Labute approximate surface area is 294 Å². The molecule has 10 nitrogen and oxygen atoms in total. The lowest BCUT2D eigenvalue weighted by molar-refractivity contribution is -0.149. The maximum absolute atomic E-state index is 12.1. The van der Waals surface area contributed by atoms with Crippen LogP contribution in [-0.4, -0.2) is 49.2 Å². The Balaban J connectivity index is 0.000000194. The second-order valence-corrected chi connectivity index (χ2v) is 12.4. The highest BCUT2D eigenvalue weighted by Gasteiger charge is 2.28. The average Bonchev–Trinajstić information content (AvgIpc) is 3.18. The number of nitrogens with one attached hydrogen (secondary N) is 4. The standard InChI is InChI=1S/2C20H24N2O3/c2*23-20(24-14-16-7-3-1-4-8-16)19-12-11-18(13-21-19)22-25-15-17-9-5-2-6-10-17/h2*1-10,18-19,21-22H,11-15H2/t18?,19-;18-,19+/m01/s1. The summed E-state index contributed by atoms with van der Waals surface area (Å²) in [6, 6.07) is 39.4. The van der Waals surface area contributed by atoms with Crippen molar-refractivity contribution in [1.82, 2.24) is 21.6 Å². The van der Waals surface area contributed by atoms with Gasteiger partial charge in [0.05, 0.1) is 13.2 Å². The smallest absolute Gasteiger partial charge is 0.323 e. The molecule has 50 heavy (non-hydrogen) atoms. The van der Waals surface area contributed by atoms with Crippen molar-refractivity contribution in [3.63, 3.8) is 0 Å². The van der Waals surface area contributed by atoms with Gasteiger partial charge in [0, 0.05) is 25.2 Å². The summed E-state index contributed by atoms with van der Waals surface area (Å²) >= 11 is 0. The van der Waals surface area contributed by atoms with Crippen LogP contribution in [0.4, 0.5) is 0 Å². The van der Waals surface area contributed by atoms with Gasteiger partial charge in [-0.15, -0.1) is 0 Å². The molecular weight excluding hydrogens is 632 g/mol. The van der Waals surface area contributed by atoms with E-state index in [-0.39, 0.29) is 36.1 Å². The maximum atomic E-state index is 12.1. The first kappa shape index (κ1) is 36.9. The van der Waals surface area contributed by atoms with Crippen molar-refractivity contribution in [1.29, 1.82) is 0 Å². The van der Waals surface area contributed by atoms with Crippen LogP contribution in [0.2, 0.25) is 0 Å².